The summed E-state index contributed by atoms with van der Waals surface area (Å²) >= 11 is 0. The minimum absolute atomic E-state index is 0.0286. The number of ether oxygens (including phenoxy) is 1. The quantitative estimate of drug-likeness (QED) is 0.816. The van der Waals surface area contributed by atoms with Crippen LogP contribution in [-0.4, -0.2) is 34.6 Å². The molecule has 90 valence electrons. The number of hydrogen-bond donors (Lipinski definition) is 1. The second kappa shape index (κ2) is 4.41. The molecule has 1 aliphatic carbocycles. The lowest BCUT2D eigenvalue weighted by Crippen LogP contribution is -2.53. The summed E-state index contributed by atoms with van der Waals surface area (Å²) in [6.07, 6.45) is 7.56. The summed E-state index contributed by atoms with van der Waals surface area (Å²) in [5.74, 6) is 0.557. The molecule has 2 fully saturated rings. The lowest BCUT2D eigenvalue weighted by atomic mass is 9.76. The van der Waals surface area contributed by atoms with Gasteiger partial charge in [0.25, 0.3) is 0 Å². The Morgan fingerprint density at radius 2 is 2.47 bits per heavy atom. The Bertz CT molecular complexity index is 409. The van der Waals surface area contributed by atoms with Gasteiger partial charge in [0, 0.05) is 37.2 Å². The number of amides is 1. The third kappa shape index (κ3) is 2.15. The van der Waals surface area contributed by atoms with Crippen molar-refractivity contribution in [3.05, 3.63) is 24.3 Å². The Kier molecular flexibility index (Phi) is 2.76. The Morgan fingerprint density at radius 3 is 3.24 bits per heavy atom. The molecule has 0 unspecified atom stereocenters. The van der Waals surface area contributed by atoms with Crippen molar-refractivity contribution in [3.63, 3.8) is 0 Å². The maximum atomic E-state index is 11.8. The van der Waals surface area contributed by atoms with Gasteiger partial charge in [0.05, 0.1) is 18.2 Å². The highest BCUT2D eigenvalue weighted by atomic mass is 16.5. The molecule has 3 atom stereocenters. The average Bonchev–Trinajstić information content (AvgIpc) is 2.69. The molecule has 1 saturated carbocycles. The average molecular weight is 233 g/mol. The summed E-state index contributed by atoms with van der Waals surface area (Å²) in [5.41, 5.74) is 0.712. The van der Waals surface area contributed by atoms with Gasteiger partial charge in [-0.25, -0.2) is 0 Å². The van der Waals surface area contributed by atoms with Crippen molar-refractivity contribution in [2.45, 2.75) is 31.4 Å². The second-order valence-corrected chi connectivity index (χ2v) is 4.65. The smallest absolute Gasteiger partial charge is 0.226 e. The molecular formula is C12H15N3O2. The summed E-state index contributed by atoms with van der Waals surface area (Å²) < 4.78 is 5.51. The number of nitrogens with zero attached hydrogens (tertiary/aromatic N) is 2. The van der Waals surface area contributed by atoms with Crippen LogP contribution in [0.5, 0.6) is 0 Å². The Morgan fingerprint density at radius 1 is 1.53 bits per heavy atom. The number of fused-ring (bicyclic) bond motifs is 1. The van der Waals surface area contributed by atoms with Crippen LogP contribution in [0.3, 0.4) is 0 Å². The summed E-state index contributed by atoms with van der Waals surface area (Å²) in [6, 6.07) is 0.298. The SMILES string of the molecule is O=C(Cc1cnccn1)N[C@@H]1C[C@H]2OCC[C@@H]12. The predicted octanol–water partition coefficient (Wildman–Crippen LogP) is 0.313. The van der Waals surface area contributed by atoms with E-state index in [4.69, 9.17) is 4.74 Å². The molecule has 3 rings (SSSR count). The zero-order valence-corrected chi connectivity index (χ0v) is 9.50. The molecule has 5 nitrogen and oxygen atoms in total. The fourth-order valence-corrected chi connectivity index (χ4v) is 2.61. The maximum Gasteiger partial charge on any atom is 0.226 e. The highest BCUT2D eigenvalue weighted by Crippen LogP contribution is 2.38. The van der Waals surface area contributed by atoms with E-state index in [9.17, 15) is 4.79 Å². The van der Waals surface area contributed by atoms with Crippen LogP contribution in [0.15, 0.2) is 18.6 Å². The van der Waals surface area contributed by atoms with Gasteiger partial charge in [-0.1, -0.05) is 0 Å². The molecule has 2 heterocycles. The summed E-state index contributed by atoms with van der Waals surface area (Å²) in [5, 5.41) is 3.05. The van der Waals surface area contributed by atoms with Gasteiger partial charge in [-0.15, -0.1) is 0 Å². The van der Waals surface area contributed by atoms with E-state index in [1.54, 1.807) is 18.6 Å². The fraction of sp³-hybridized carbons (Fsp3) is 0.583. The van der Waals surface area contributed by atoms with E-state index in [1.165, 1.54) is 0 Å². The number of rotatable bonds is 3. The van der Waals surface area contributed by atoms with Crippen LogP contribution >= 0.6 is 0 Å². The van der Waals surface area contributed by atoms with Gasteiger partial charge in [0.2, 0.25) is 5.91 Å². The zero-order valence-electron chi connectivity index (χ0n) is 9.50. The van der Waals surface area contributed by atoms with Gasteiger partial charge in [0.1, 0.15) is 0 Å². The molecule has 0 aromatic carbocycles. The van der Waals surface area contributed by atoms with Crippen LogP contribution < -0.4 is 5.32 Å². The third-order valence-corrected chi connectivity index (χ3v) is 3.57. The first-order valence-electron chi connectivity index (χ1n) is 5.99. The van der Waals surface area contributed by atoms with Gasteiger partial charge in [-0.2, -0.15) is 0 Å². The van der Waals surface area contributed by atoms with E-state index in [0.717, 1.165) is 19.4 Å². The van der Waals surface area contributed by atoms with Crippen LogP contribution in [-0.2, 0) is 16.0 Å². The van der Waals surface area contributed by atoms with Gasteiger partial charge in [-0.3, -0.25) is 14.8 Å². The summed E-state index contributed by atoms with van der Waals surface area (Å²) in [7, 11) is 0. The molecule has 0 spiro atoms. The summed E-state index contributed by atoms with van der Waals surface area (Å²) in [4.78, 5) is 19.8. The van der Waals surface area contributed by atoms with Crippen LogP contribution in [0.25, 0.3) is 0 Å². The standard InChI is InChI=1S/C12H15N3O2/c16-12(5-8-7-13-2-3-14-8)15-10-6-11-9(10)1-4-17-11/h2-3,7,9-11H,1,4-6H2,(H,15,16)/t9-,10+,11+/m0/s1. The van der Waals surface area contributed by atoms with E-state index in [2.05, 4.69) is 15.3 Å². The highest BCUT2D eigenvalue weighted by Gasteiger charge is 2.45. The van der Waals surface area contributed by atoms with Gasteiger partial charge >= 0.3 is 0 Å². The molecule has 17 heavy (non-hydrogen) atoms. The molecule has 5 heteroatoms. The molecule has 1 aromatic heterocycles. The van der Waals surface area contributed by atoms with Crippen molar-refractivity contribution in [2.24, 2.45) is 5.92 Å². The van der Waals surface area contributed by atoms with Crippen LogP contribution in [0.1, 0.15) is 18.5 Å². The Labute approximate surface area is 99.6 Å². The molecule has 1 amide bonds. The zero-order chi connectivity index (χ0) is 11.7. The van der Waals surface area contributed by atoms with Crippen molar-refractivity contribution >= 4 is 5.91 Å². The third-order valence-electron chi connectivity index (χ3n) is 3.57. The molecular weight excluding hydrogens is 218 g/mol. The number of aromatic nitrogens is 2. The lowest BCUT2D eigenvalue weighted by molar-refractivity contribution is -0.123. The lowest BCUT2D eigenvalue weighted by Gasteiger charge is -2.39. The van der Waals surface area contributed by atoms with Crippen molar-refractivity contribution < 1.29 is 9.53 Å². The van der Waals surface area contributed by atoms with Gasteiger partial charge in [0.15, 0.2) is 0 Å². The van der Waals surface area contributed by atoms with Gasteiger partial charge < -0.3 is 10.1 Å². The van der Waals surface area contributed by atoms with Crippen LogP contribution in [0.2, 0.25) is 0 Å². The topological polar surface area (TPSA) is 64.1 Å². The van der Waals surface area contributed by atoms with E-state index >= 15 is 0 Å². The molecule has 1 N–H and O–H groups in total. The molecule has 0 bridgehead atoms. The predicted molar refractivity (Wildman–Crippen MR) is 60.1 cm³/mol. The fourth-order valence-electron chi connectivity index (χ4n) is 2.61. The van der Waals surface area contributed by atoms with E-state index < -0.39 is 0 Å². The van der Waals surface area contributed by atoms with Crippen molar-refractivity contribution in [1.29, 1.82) is 0 Å². The molecule has 1 saturated heterocycles. The first-order valence-corrected chi connectivity index (χ1v) is 5.99. The minimum Gasteiger partial charge on any atom is -0.378 e. The van der Waals surface area contributed by atoms with Crippen LogP contribution in [0, 0.1) is 5.92 Å². The minimum atomic E-state index is 0.0286. The summed E-state index contributed by atoms with van der Waals surface area (Å²) in [6.45, 7) is 0.839. The van der Waals surface area contributed by atoms with Crippen molar-refractivity contribution in [1.82, 2.24) is 15.3 Å². The molecule has 0 radical (unpaired) electrons. The van der Waals surface area contributed by atoms with E-state index in [0.29, 0.717) is 30.2 Å². The first-order chi connectivity index (χ1) is 8.33. The normalized spacial score (nSPS) is 30.5. The number of hydrogen-bond acceptors (Lipinski definition) is 4. The molecule has 1 aromatic rings. The number of carbonyl (C=O) groups is 1. The molecule has 2 aliphatic rings. The Hall–Kier alpha value is -1.49. The van der Waals surface area contributed by atoms with Crippen LogP contribution in [0.4, 0.5) is 0 Å². The number of carbonyl (C=O) groups excluding carboxylic acids is 1. The molecule has 1 aliphatic heterocycles. The largest absolute Gasteiger partial charge is 0.378 e. The first kappa shape index (κ1) is 10.7. The number of nitrogens with one attached hydrogen (secondary N) is 1. The monoisotopic (exact) mass is 233 g/mol. The van der Waals surface area contributed by atoms with Crippen molar-refractivity contribution in [3.8, 4) is 0 Å². The van der Waals surface area contributed by atoms with E-state index in [1.807, 2.05) is 0 Å². The maximum absolute atomic E-state index is 11.8. The second-order valence-electron chi connectivity index (χ2n) is 4.65. The van der Waals surface area contributed by atoms with E-state index in [-0.39, 0.29) is 5.91 Å². The highest BCUT2D eigenvalue weighted by molar-refractivity contribution is 5.78. The van der Waals surface area contributed by atoms with Crippen molar-refractivity contribution in [2.75, 3.05) is 6.61 Å². The Balaban J connectivity index is 1.51. The van der Waals surface area contributed by atoms with Gasteiger partial charge in [-0.05, 0) is 12.8 Å².